The summed E-state index contributed by atoms with van der Waals surface area (Å²) < 4.78 is 14.2. The van der Waals surface area contributed by atoms with E-state index in [2.05, 4.69) is 20.8 Å². The zero-order valence-corrected chi connectivity index (χ0v) is 13.8. The molecule has 0 aliphatic heterocycles. The van der Waals surface area contributed by atoms with Crippen molar-refractivity contribution in [3.63, 3.8) is 0 Å². The molecule has 0 atom stereocenters. The first-order valence-electron chi connectivity index (χ1n) is 6.58. The van der Waals surface area contributed by atoms with Gasteiger partial charge in [-0.25, -0.2) is 4.39 Å². The van der Waals surface area contributed by atoms with Crippen LogP contribution >= 0.6 is 28.1 Å². The highest BCUT2D eigenvalue weighted by molar-refractivity contribution is 9.10. The lowest BCUT2D eigenvalue weighted by Crippen LogP contribution is -2.27. The van der Waals surface area contributed by atoms with E-state index in [4.69, 9.17) is 18.0 Å². The van der Waals surface area contributed by atoms with Crippen molar-refractivity contribution < 1.29 is 4.39 Å². The lowest BCUT2D eigenvalue weighted by atomic mass is 10.2. The molecule has 0 bridgehead atoms. The molecule has 0 unspecified atom stereocenters. The van der Waals surface area contributed by atoms with Crippen molar-refractivity contribution in [1.82, 2.24) is 0 Å². The summed E-state index contributed by atoms with van der Waals surface area (Å²) in [5, 5.41) is 0. The minimum atomic E-state index is -0.248. The Bertz CT molecular complexity index is 599. The summed E-state index contributed by atoms with van der Waals surface area (Å²) >= 11 is 8.28. The molecule has 2 rings (SSSR count). The number of anilines is 1. The molecular weight excluding hydrogens is 351 g/mol. The van der Waals surface area contributed by atoms with Crippen molar-refractivity contribution in [2.24, 2.45) is 5.73 Å². The molecule has 2 N–H and O–H groups in total. The van der Waals surface area contributed by atoms with Gasteiger partial charge in [-0.3, -0.25) is 0 Å². The fourth-order valence-electron chi connectivity index (χ4n) is 2.11. The second-order valence-electron chi connectivity index (χ2n) is 4.75. The third-order valence-corrected chi connectivity index (χ3v) is 3.71. The minimum Gasteiger partial charge on any atom is -0.393 e. The Morgan fingerprint density at radius 3 is 2.52 bits per heavy atom. The van der Waals surface area contributed by atoms with E-state index in [0.717, 1.165) is 15.7 Å². The molecule has 0 aliphatic rings. The minimum absolute atomic E-state index is 0.248. The monoisotopic (exact) mass is 366 g/mol. The molecule has 0 aliphatic carbocycles. The topological polar surface area (TPSA) is 29.3 Å². The highest BCUT2D eigenvalue weighted by atomic mass is 79.9. The average molecular weight is 367 g/mol. The number of benzene rings is 2. The highest BCUT2D eigenvalue weighted by Crippen LogP contribution is 2.20. The zero-order valence-electron chi connectivity index (χ0n) is 11.4. The Hall–Kier alpha value is -1.46. The lowest BCUT2D eigenvalue weighted by Gasteiger charge is -2.25. The molecule has 110 valence electrons. The zero-order chi connectivity index (χ0) is 15.2. The van der Waals surface area contributed by atoms with Gasteiger partial charge in [0.15, 0.2) is 0 Å². The van der Waals surface area contributed by atoms with Gasteiger partial charge >= 0.3 is 0 Å². The normalized spacial score (nSPS) is 10.4. The third kappa shape index (κ3) is 5.10. The van der Waals surface area contributed by atoms with Crippen LogP contribution in [0.25, 0.3) is 0 Å². The predicted octanol–water partition coefficient (Wildman–Crippen LogP) is 4.27. The molecule has 0 saturated heterocycles. The van der Waals surface area contributed by atoms with Gasteiger partial charge in [0.25, 0.3) is 0 Å². The average Bonchev–Trinajstić information content (AvgIpc) is 2.43. The van der Waals surface area contributed by atoms with E-state index in [1.807, 2.05) is 36.4 Å². The molecule has 0 fully saturated rings. The van der Waals surface area contributed by atoms with Crippen LogP contribution in [0, 0.1) is 5.82 Å². The van der Waals surface area contributed by atoms with E-state index in [1.54, 1.807) is 6.07 Å². The van der Waals surface area contributed by atoms with Crippen molar-refractivity contribution in [2.75, 3.05) is 11.4 Å². The van der Waals surface area contributed by atoms with E-state index in [0.29, 0.717) is 24.5 Å². The van der Waals surface area contributed by atoms with E-state index < -0.39 is 0 Å². The number of thiocarbonyl (C=S) groups is 1. The highest BCUT2D eigenvalue weighted by Gasteiger charge is 2.09. The van der Waals surface area contributed by atoms with Gasteiger partial charge in [0.2, 0.25) is 0 Å². The molecule has 5 heteroatoms. The van der Waals surface area contributed by atoms with Crippen LogP contribution in [0.3, 0.4) is 0 Å². The van der Waals surface area contributed by atoms with Crippen LogP contribution in [0.1, 0.15) is 12.0 Å². The number of halogens is 2. The molecule has 0 heterocycles. The van der Waals surface area contributed by atoms with Crippen LogP contribution in [-0.2, 0) is 6.54 Å². The van der Waals surface area contributed by atoms with E-state index >= 15 is 0 Å². The number of hydrogen-bond acceptors (Lipinski definition) is 2. The van der Waals surface area contributed by atoms with Crippen LogP contribution < -0.4 is 10.6 Å². The summed E-state index contributed by atoms with van der Waals surface area (Å²) in [4.78, 5) is 2.62. The molecule has 0 saturated carbocycles. The van der Waals surface area contributed by atoms with Gasteiger partial charge in [-0.05, 0) is 35.9 Å². The van der Waals surface area contributed by atoms with Gasteiger partial charge in [0, 0.05) is 29.7 Å². The Kier molecular flexibility index (Phi) is 5.70. The van der Waals surface area contributed by atoms with Crippen LogP contribution in [0.5, 0.6) is 0 Å². The number of para-hydroxylation sites is 1. The summed E-state index contributed by atoms with van der Waals surface area (Å²) in [7, 11) is 0. The standard InChI is InChI=1S/C16H16BrFN2S/c17-13-8-12(9-14(18)10-13)11-20(7-6-16(19)21)15-4-2-1-3-5-15/h1-5,8-10H,6-7,11H2,(H2,19,21). The van der Waals surface area contributed by atoms with Crippen molar-refractivity contribution in [2.45, 2.75) is 13.0 Å². The second-order valence-corrected chi connectivity index (χ2v) is 6.19. The SMILES string of the molecule is NC(=S)CCN(Cc1cc(F)cc(Br)c1)c1ccccc1. The van der Waals surface area contributed by atoms with E-state index in [-0.39, 0.29) is 5.82 Å². The van der Waals surface area contributed by atoms with Crippen molar-refractivity contribution >= 4 is 38.8 Å². The Balaban J connectivity index is 2.20. The quantitative estimate of drug-likeness (QED) is 0.774. The van der Waals surface area contributed by atoms with E-state index in [9.17, 15) is 4.39 Å². The lowest BCUT2D eigenvalue weighted by molar-refractivity contribution is 0.623. The first kappa shape index (κ1) is 15.9. The molecule has 2 aromatic carbocycles. The van der Waals surface area contributed by atoms with Crippen molar-refractivity contribution in [1.29, 1.82) is 0 Å². The first-order chi connectivity index (χ1) is 10.0. The van der Waals surface area contributed by atoms with Gasteiger partial charge in [0.1, 0.15) is 5.82 Å². The largest absolute Gasteiger partial charge is 0.393 e. The van der Waals surface area contributed by atoms with Crippen LogP contribution in [-0.4, -0.2) is 11.5 Å². The summed E-state index contributed by atoms with van der Waals surface area (Å²) in [5.41, 5.74) is 7.56. The van der Waals surface area contributed by atoms with Crippen LogP contribution in [0.4, 0.5) is 10.1 Å². The number of hydrogen-bond donors (Lipinski definition) is 1. The maximum atomic E-state index is 13.5. The Morgan fingerprint density at radius 2 is 1.90 bits per heavy atom. The molecule has 0 aromatic heterocycles. The number of rotatable bonds is 6. The molecule has 0 spiro atoms. The fourth-order valence-corrected chi connectivity index (χ4v) is 2.71. The number of nitrogens with zero attached hydrogens (tertiary/aromatic N) is 1. The maximum absolute atomic E-state index is 13.5. The molecule has 0 amide bonds. The van der Waals surface area contributed by atoms with Gasteiger partial charge in [-0.2, -0.15) is 0 Å². The van der Waals surface area contributed by atoms with Crippen molar-refractivity contribution in [3.8, 4) is 0 Å². The molecule has 21 heavy (non-hydrogen) atoms. The molecule has 2 nitrogen and oxygen atoms in total. The summed E-state index contributed by atoms with van der Waals surface area (Å²) in [6.45, 7) is 1.30. The fraction of sp³-hybridized carbons (Fsp3) is 0.188. The summed E-state index contributed by atoms with van der Waals surface area (Å²) in [6, 6.07) is 14.9. The molecule has 2 aromatic rings. The van der Waals surface area contributed by atoms with Gasteiger partial charge in [-0.1, -0.05) is 46.3 Å². The molecular formula is C16H16BrFN2S. The number of nitrogens with two attached hydrogens (primary N) is 1. The van der Waals surface area contributed by atoms with Gasteiger partial charge in [-0.15, -0.1) is 0 Å². The first-order valence-corrected chi connectivity index (χ1v) is 7.78. The predicted molar refractivity (Wildman–Crippen MR) is 93.0 cm³/mol. The summed E-state index contributed by atoms with van der Waals surface area (Å²) in [5.74, 6) is -0.248. The van der Waals surface area contributed by atoms with Crippen LogP contribution in [0.15, 0.2) is 53.0 Å². The summed E-state index contributed by atoms with van der Waals surface area (Å²) in [6.07, 6.45) is 0.626. The smallest absolute Gasteiger partial charge is 0.124 e. The van der Waals surface area contributed by atoms with Crippen LogP contribution in [0.2, 0.25) is 0 Å². The Morgan fingerprint density at radius 1 is 1.19 bits per heavy atom. The Labute approximate surface area is 137 Å². The van der Waals surface area contributed by atoms with Crippen molar-refractivity contribution in [3.05, 3.63) is 64.4 Å². The third-order valence-electron chi connectivity index (χ3n) is 3.05. The molecule has 0 radical (unpaired) electrons. The van der Waals surface area contributed by atoms with E-state index in [1.165, 1.54) is 6.07 Å². The van der Waals surface area contributed by atoms with Gasteiger partial charge in [0.05, 0.1) is 4.99 Å². The maximum Gasteiger partial charge on any atom is 0.124 e. The second kappa shape index (κ2) is 7.52. The van der Waals surface area contributed by atoms with Gasteiger partial charge < -0.3 is 10.6 Å².